The van der Waals surface area contributed by atoms with Gasteiger partial charge in [-0.3, -0.25) is 4.98 Å². The van der Waals surface area contributed by atoms with Gasteiger partial charge in [-0.15, -0.1) is 0 Å². The Morgan fingerprint density at radius 1 is 1.67 bits per heavy atom. The van der Waals surface area contributed by atoms with E-state index in [0.29, 0.717) is 6.54 Å². The molecule has 0 aliphatic carbocycles. The van der Waals surface area contributed by atoms with E-state index in [0.717, 1.165) is 6.42 Å². The minimum absolute atomic E-state index is 0.630. The number of nitrogens with two attached hydrogens (primary N) is 1. The van der Waals surface area contributed by atoms with E-state index in [4.69, 9.17) is 5.73 Å². The van der Waals surface area contributed by atoms with Crippen LogP contribution in [-0.4, -0.2) is 11.5 Å². The van der Waals surface area contributed by atoms with E-state index in [9.17, 15) is 0 Å². The average Bonchev–Trinajstić information content (AvgIpc) is 2.16. The first-order chi connectivity index (χ1) is 5.86. The summed E-state index contributed by atoms with van der Waals surface area (Å²) in [6.07, 6.45) is 6.63. The lowest BCUT2D eigenvalue weighted by Gasteiger charge is -2.02. The molecule has 0 aliphatic rings. The summed E-state index contributed by atoms with van der Waals surface area (Å²) < 4.78 is 0. The third kappa shape index (κ3) is 2.47. The van der Waals surface area contributed by atoms with Gasteiger partial charge in [-0.25, -0.2) is 0 Å². The Bertz CT molecular complexity index is 252. The maximum absolute atomic E-state index is 5.54. The Balaban J connectivity index is 2.64. The summed E-state index contributed by atoms with van der Waals surface area (Å²) >= 11 is 0. The van der Waals surface area contributed by atoms with Crippen LogP contribution < -0.4 is 5.73 Å². The van der Waals surface area contributed by atoms with Crippen molar-refractivity contribution in [2.24, 2.45) is 5.73 Å². The predicted octanol–water partition coefficient (Wildman–Crippen LogP) is 1.53. The molecule has 0 radical (unpaired) electrons. The number of aromatic nitrogens is 1. The summed E-state index contributed by atoms with van der Waals surface area (Å²) in [5, 5.41) is 0. The van der Waals surface area contributed by atoms with Gasteiger partial charge in [-0.05, 0) is 25.0 Å². The maximum atomic E-state index is 5.54. The van der Waals surface area contributed by atoms with E-state index in [2.05, 4.69) is 17.1 Å². The molecule has 1 heterocycles. The quantitative estimate of drug-likeness (QED) is 0.684. The van der Waals surface area contributed by atoms with E-state index in [1.165, 1.54) is 11.1 Å². The highest BCUT2D eigenvalue weighted by Gasteiger charge is 1.95. The molecule has 0 aliphatic heterocycles. The van der Waals surface area contributed by atoms with Crippen LogP contribution in [0.5, 0.6) is 0 Å². The molecule has 2 nitrogen and oxygen atoms in total. The normalized spacial score (nSPS) is 11.7. The zero-order valence-electron chi connectivity index (χ0n) is 7.33. The molecular weight excluding hydrogens is 148 g/mol. The third-order valence-electron chi connectivity index (χ3n) is 1.82. The minimum Gasteiger partial charge on any atom is -0.327 e. The van der Waals surface area contributed by atoms with E-state index < -0.39 is 0 Å². The zero-order chi connectivity index (χ0) is 8.81. The van der Waals surface area contributed by atoms with Crippen LogP contribution in [0.25, 0.3) is 0 Å². The number of nitrogens with zero attached hydrogens (tertiary/aromatic N) is 1. The molecule has 2 N–H and O–H groups in total. The lowest BCUT2D eigenvalue weighted by Crippen LogP contribution is -2.05. The van der Waals surface area contributed by atoms with Crippen LogP contribution in [0.3, 0.4) is 0 Å². The zero-order valence-corrected chi connectivity index (χ0v) is 7.33. The van der Waals surface area contributed by atoms with Crippen LogP contribution in [0, 0.1) is 0 Å². The smallest absolute Gasteiger partial charge is 0.0303 e. The van der Waals surface area contributed by atoms with Crippen molar-refractivity contribution >= 4 is 0 Å². The minimum atomic E-state index is 0.630. The molecule has 0 aromatic carbocycles. The van der Waals surface area contributed by atoms with Crippen molar-refractivity contribution in [1.82, 2.24) is 4.98 Å². The highest BCUT2D eigenvalue weighted by atomic mass is 14.6. The first-order valence-electron chi connectivity index (χ1n) is 4.10. The molecule has 0 fully saturated rings. The second-order valence-electron chi connectivity index (χ2n) is 2.69. The van der Waals surface area contributed by atoms with Gasteiger partial charge in [0.15, 0.2) is 0 Å². The molecule has 1 aromatic heterocycles. The van der Waals surface area contributed by atoms with Crippen molar-refractivity contribution in [3.63, 3.8) is 0 Å². The SMILES string of the molecule is C/C=C(\CN)Cc1cccnc1. The van der Waals surface area contributed by atoms with E-state index in [1.54, 1.807) is 6.20 Å². The number of pyridine rings is 1. The molecule has 0 bridgehead atoms. The molecule has 64 valence electrons. The fraction of sp³-hybridized carbons (Fsp3) is 0.300. The Morgan fingerprint density at radius 2 is 2.50 bits per heavy atom. The Kier molecular flexibility index (Phi) is 3.48. The van der Waals surface area contributed by atoms with Crippen molar-refractivity contribution in [2.45, 2.75) is 13.3 Å². The number of hydrogen-bond donors (Lipinski definition) is 1. The van der Waals surface area contributed by atoms with Gasteiger partial charge in [-0.2, -0.15) is 0 Å². The second kappa shape index (κ2) is 4.67. The van der Waals surface area contributed by atoms with Crippen LogP contribution in [0.4, 0.5) is 0 Å². The molecular formula is C10H14N2. The van der Waals surface area contributed by atoms with E-state index in [-0.39, 0.29) is 0 Å². The van der Waals surface area contributed by atoms with Gasteiger partial charge in [0.25, 0.3) is 0 Å². The van der Waals surface area contributed by atoms with Gasteiger partial charge in [0, 0.05) is 18.9 Å². The van der Waals surface area contributed by atoms with Crippen molar-refractivity contribution in [3.8, 4) is 0 Å². The van der Waals surface area contributed by atoms with Gasteiger partial charge in [0.05, 0.1) is 0 Å². The fourth-order valence-corrected chi connectivity index (χ4v) is 1.06. The van der Waals surface area contributed by atoms with Crippen LogP contribution in [0.2, 0.25) is 0 Å². The maximum Gasteiger partial charge on any atom is 0.0303 e. The van der Waals surface area contributed by atoms with Crippen molar-refractivity contribution in [2.75, 3.05) is 6.54 Å². The topological polar surface area (TPSA) is 38.9 Å². The number of rotatable bonds is 3. The highest BCUT2D eigenvalue weighted by molar-refractivity contribution is 5.18. The van der Waals surface area contributed by atoms with Gasteiger partial charge in [0.2, 0.25) is 0 Å². The average molecular weight is 162 g/mol. The Hall–Kier alpha value is -1.15. The molecule has 2 heteroatoms. The number of hydrogen-bond acceptors (Lipinski definition) is 2. The van der Waals surface area contributed by atoms with Gasteiger partial charge in [0.1, 0.15) is 0 Å². The van der Waals surface area contributed by atoms with Crippen molar-refractivity contribution in [3.05, 3.63) is 41.7 Å². The first kappa shape index (κ1) is 8.94. The lowest BCUT2D eigenvalue weighted by molar-refractivity contribution is 1.02. The van der Waals surface area contributed by atoms with Crippen LogP contribution >= 0.6 is 0 Å². The summed E-state index contributed by atoms with van der Waals surface area (Å²) in [5.41, 5.74) is 8.01. The monoisotopic (exact) mass is 162 g/mol. The predicted molar refractivity (Wildman–Crippen MR) is 50.8 cm³/mol. The molecule has 0 saturated heterocycles. The third-order valence-corrected chi connectivity index (χ3v) is 1.82. The largest absolute Gasteiger partial charge is 0.327 e. The summed E-state index contributed by atoms with van der Waals surface area (Å²) in [4.78, 5) is 4.04. The van der Waals surface area contributed by atoms with Gasteiger partial charge < -0.3 is 5.73 Å². The molecule has 0 amide bonds. The first-order valence-corrected chi connectivity index (χ1v) is 4.10. The molecule has 1 aromatic rings. The second-order valence-corrected chi connectivity index (χ2v) is 2.69. The number of allylic oxidation sites excluding steroid dienone is 1. The van der Waals surface area contributed by atoms with Crippen LogP contribution in [-0.2, 0) is 6.42 Å². The molecule has 1 rings (SSSR count). The summed E-state index contributed by atoms with van der Waals surface area (Å²) in [6.45, 7) is 2.64. The lowest BCUT2D eigenvalue weighted by atomic mass is 10.1. The molecule has 0 saturated carbocycles. The summed E-state index contributed by atoms with van der Waals surface area (Å²) in [5.74, 6) is 0. The van der Waals surface area contributed by atoms with Gasteiger partial charge >= 0.3 is 0 Å². The van der Waals surface area contributed by atoms with Crippen LogP contribution in [0.15, 0.2) is 36.2 Å². The van der Waals surface area contributed by atoms with Gasteiger partial charge in [-0.1, -0.05) is 17.7 Å². The fourth-order valence-electron chi connectivity index (χ4n) is 1.06. The standard InChI is InChI=1S/C10H14N2/c1-2-9(7-11)6-10-4-3-5-12-8-10/h2-5,8H,6-7,11H2,1H3/b9-2-. The molecule has 12 heavy (non-hydrogen) atoms. The van der Waals surface area contributed by atoms with E-state index in [1.807, 2.05) is 19.2 Å². The Morgan fingerprint density at radius 3 is 3.00 bits per heavy atom. The summed E-state index contributed by atoms with van der Waals surface area (Å²) in [7, 11) is 0. The van der Waals surface area contributed by atoms with E-state index >= 15 is 0 Å². The van der Waals surface area contributed by atoms with Crippen molar-refractivity contribution < 1.29 is 0 Å². The van der Waals surface area contributed by atoms with Crippen LogP contribution in [0.1, 0.15) is 12.5 Å². The van der Waals surface area contributed by atoms with Crippen molar-refractivity contribution in [1.29, 1.82) is 0 Å². The molecule has 0 atom stereocenters. The molecule has 0 unspecified atom stereocenters. The highest BCUT2D eigenvalue weighted by Crippen LogP contribution is 2.04. The summed E-state index contributed by atoms with van der Waals surface area (Å²) in [6, 6.07) is 4.01. The molecule has 0 spiro atoms. The Labute approximate surface area is 73.1 Å².